The topological polar surface area (TPSA) is 53.1 Å². The molecule has 2 aliphatic rings. The maximum absolute atomic E-state index is 13.6. The number of hydrogen-bond acceptors (Lipinski definition) is 5. The van der Waals surface area contributed by atoms with Crippen LogP contribution in [0.3, 0.4) is 0 Å². The molecule has 0 atom stereocenters. The van der Waals surface area contributed by atoms with Gasteiger partial charge >= 0.3 is 0 Å². The SMILES string of the molecule is COc1ccccc1C1=C(N2CCN(C)CC2)C(=O)N(c2ccccc2Cl)C1=O. The highest BCUT2D eigenvalue weighted by molar-refractivity contribution is 6.47. The van der Waals surface area contributed by atoms with Crippen LogP contribution < -0.4 is 9.64 Å². The van der Waals surface area contributed by atoms with Crippen LogP contribution in [0, 0.1) is 0 Å². The molecule has 0 aliphatic carbocycles. The number of piperazine rings is 1. The monoisotopic (exact) mass is 411 g/mol. The summed E-state index contributed by atoms with van der Waals surface area (Å²) < 4.78 is 5.49. The number of imide groups is 1. The minimum Gasteiger partial charge on any atom is -0.496 e. The first-order valence-corrected chi connectivity index (χ1v) is 9.85. The second-order valence-electron chi connectivity index (χ2n) is 7.11. The van der Waals surface area contributed by atoms with Crippen molar-refractivity contribution in [2.24, 2.45) is 0 Å². The Kier molecular flexibility index (Phi) is 5.30. The summed E-state index contributed by atoms with van der Waals surface area (Å²) in [4.78, 5) is 32.5. The summed E-state index contributed by atoms with van der Waals surface area (Å²) in [5.41, 5.74) is 1.77. The summed E-state index contributed by atoms with van der Waals surface area (Å²) >= 11 is 6.33. The number of carbonyl (C=O) groups is 2. The number of rotatable bonds is 4. The molecule has 2 aliphatic heterocycles. The molecule has 0 spiro atoms. The Bertz CT molecular complexity index is 996. The smallest absolute Gasteiger partial charge is 0.282 e. The second kappa shape index (κ2) is 7.89. The average Bonchev–Trinajstić information content (AvgIpc) is 2.99. The number of ether oxygens (including phenoxy) is 1. The van der Waals surface area contributed by atoms with Gasteiger partial charge in [-0.25, -0.2) is 4.90 Å². The molecule has 150 valence electrons. The minimum atomic E-state index is -0.387. The third-order valence-electron chi connectivity index (χ3n) is 5.35. The molecule has 7 heteroatoms. The number of benzene rings is 2. The molecular formula is C22H22ClN3O3. The molecule has 0 saturated carbocycles. The lowest BCUT2D eigenvalue weighted by molar-refractivity contribution is -0.120. The first-order valence-electron chi connectivity index (χ1n) is 9.47. The zero-order chi connectivity index (χ0) is 20.5. The van der Waals surface area contributed by atoms with Crippen molar-refractivity contribution in [3.63, 3.8) is 0 Å². The largest absolute Gasteiger partial charge is 0.496 e. The number of amides is 2. The summed E-state index contributed by atoms with van der Waals surface area (Å²) in [5, 5.41) is 0.355. The van der Waals surface area contributed by atoms with Crippen molar-refractivity contribution in [2.45, 2.75) is 0 Å². The summed E-state index contributed by atoms with van der Waals surface area (Å²) in [6, 6.07) is 14.2. The molecule has 29 heavy (non-hydrogen) atoms. The lowest BCUT2D eigenvalue weighted by Crippen LogP contribution is -2.46. The molecule has 6 nitrogen and oxygen atoms in total. The van der Waals surface area contributed by atoms with E-state index in [0.29, 0.717) is 46.4 Å². The van der Waals surface area contributed by atoms with Crippen molar-refractivity contribution in [1.29, 1.82) is 0 Å². The van der Waals surface area contributed by atoms with Crippen LogP contribution in [-0.2, 0) is 9.59 Å². The molecule has 0 unspecified atom stereocenters. The van der Waals surface area contributed by atoms with Crippen LogP contribution in [0.5, 0.6) is 5.75 Å². The van der Waals surface area contributed by atoms with E-state index in [1.165, 1.54) is 4.90 Å². The number of para-hydroxylation sites is 2. The van der Waals surface area contributed by atoms with Crippen molar-refractivity contribution in [1.82, 2.24) is 9.80 Å². The van der Waals surface area contributed by atoms with Crippen LogP contribution in [0.2, 0.25) is 5.02 Å². The van der Waals surface area contributed by atoms with E-state index < -0.39 is 0 Å². The number of nitrogens with zero attached hydrogens (tertiary/aromatic N) is 3. The van der Waals surface area contributed by atoms with E-state index in [-0.39, 0.29) is 11.8 Å². The first kappa shape index (κ1) is 19.5. The highest BCUT2D eigenvalue weighted by Gasteiger charge is 2.44. The molecule has 0 bridgehead atoms. The Morgan fingerprint density at radius 3 is 2.24 bits per heavy atom. The fraction of sp³-hybridized carbons (Fsp3) is 0.273. The Labute approximate surface area is 174 Å². The van der Waals surface area contributed by atoms with Gasteiger partial charge in [0.05, 0.1) is 23.4 Å². The molecule has 0 radical (unpaired) electrons. The summed E-state index contributed by atoms with van der Waals surface area (Å²) in [5.74, 6) is -0.189. The highest BCUT2D eigenvalue weighted by atomic mass is 35.5. The van der Waals surface area contributed by atoms with Gasteiger partial charge in [-0.1, -0.05) is 41.9 Å². The summed E-state index contributed by atoms with van der Waals surface area (Å²) in [6.07, 6.45) is 0. The molecule has 4 rings (SSSR count). The quantitative estimate of drug-likeness (QED) is 0.724. The van der Waals surface area contributed by atoms with E-state index in [4.69, 9.17) is 16.3 Å². The standard InChI is InChI=1S/C22H22ClN3O3/c1-24-11-13-25(14-12-24)20-19(15-7-3-6-10-18(15)29-2)21(27)26(22(20)28)17-9-5-4-8-16(17)23/h3-10H,11-14H2,1-2H3. The molecule has 2 heterocycles. The van der Waals surface area contributed by atoms with Crippen LogP contribution in [0.1, 0.15) is 5.56 Å². The summed E-state index contributed by atoms with van der Waals surface area (Å²) in [7, 11) is 3.60. The van der Waals surface area contributed by atoms with Gasteiger partial charge in [-0.05, 0) is 25.2 Å². The van der Waals surface area contributed by atoms with Crippen LogP contribution in [0.25, 0.3) is 5.57 Å². The van der Waals surface area contributed by atoms with E-state index in [0.717, 1.165) is 13.1 Å². The highest BCUT2D eigenvalue weighted by Crippen LogP contribution is 2.40. The van der Waals surface area contributed by atoms with Crippen LogP contribution in [-0.4, -0.2) is 62.0 Å². The van der Waals surface area contributed by atoms with Gasteiger partial charge in [0.15, 0.2) is 0 Å². The second-order valence-corrected chi connectivity index (χ2v) is 7.52. The van der Waals surface area contributed by atoms with E-state index in [1.807, 2.05) is 30.1 Å². The van der Waals surface area contributed by atoms with Gasteiger partial charge in [0.2, 0.25) is 0 Å². The fourth-order valence-electron chi connectivity index (χ4n) is 3.79. The molecule has 2 aromatic carbocycles. The van der Waals surface area contributed by atoms with Gasteiger partial charge in [-0.3, -0.25) is 9.59 Å². The van der Waals surface area contributed by atoms with Crippen LogP contribution in [0.15, 0.2) is 54.2 Å². The van der Waals surface area contributed by atoms with E-state index >= 15 is 0 Å². The molecule has 2 aromatic rings. The Balaban J connectivity index is 1.87. The average molecular weight is 412 g/mol. The lowest BCUT2D eigenvalue weighted by atomic mass is 10.0. The zero-order valence-electron chi connectivity index (χ0n) is 16.4. The van der Waals surface area contributed by atoms with Crippen molar-refractivity contribution in [2.75, 3.05) is 45.2 Å². The Morgan fingerprint density at radius 1 is 0.897 bits per heavy atom. The normalized spacial score (nSPS) is 18.0. The van der Waals surface area contributed by atoms with E-state index in [2.05, 4.69) is 4.90 Å². The fourth-order valence-corrected chi connectivity index (χ4v) is 4.01. The van der Waals surface area contributed by atoms with Crippen molar-refractivity contribution in [3.8, 4) is 5.75 Å². The lowest BCUT2D eigenvalue weighted by Gasteiger charge is -2.34. The van der Waals surface area contributed by atoms with Crippen molar-refractivity contribution < 1.29 is 14.3 Å². The van der Waals surface area contributed by atoms with Gasteiger partial charge in [-0.2, -0.15) is 0 Å². The number of halogens is 1. The molecule has 0 aromatic heterocycles. The first-order chi connectivity index (χ1) is 14.0. The number of hydrogen-bond donors (Lipinski definition) is 0. The van der Waals surface area contributed by atoms with Gasteiger partial charge in [0, 0.05) is 31.7 Å². The zero-order valence-corrected chi connectivity index (χ0v) is 17.1. The number of likely N-dealkylation sites (N-methyl/N-ethyl adjacent to an activating group) is 1. The predicted octanol–water partition coefficient (Wildman–Crippen LogP) is 2.88. The van der Waals surface area contributed by atoms with Gasteiger partial charge in [-0.15, -0.1) is 0 Å². The van der Waals surface area contributed by atoms with E-state index in [9.17, 15) is 9.59 Å². The maximum Gasteiger partial charge on any atom is 0.282 e. The van der Waals surface area contributed by atoms with Crippen molar-refractivity contribution in [3.05, 3.63) is 64.8 Å². The van der Waals surface area contributed by atoms with Crippen LogP contribution in [0.4, 0.5) is 5.69 Å². The summed E-state index contributed by atoms with van der Waals surface area (Å²) in [6.45, 7) is 2.96. The predicted molar refractivity (Wildman–Crippen MR) is 113 cm³/mol. The van der Waals surface area contributed by atoms with Crippen molar-refractivity contribution >= 4 is 34.7 Å². The third kappa shape index (κ3) is 3.39. The van der Waals surface area contributed by atoms with Gasteiger partial charge < -0.3 is 14.5 Å². The molecular weight excluding hydrogens is 390 g/mol. The van der Waals surface area contributed by atoms with Gasteiger partial charge in [0.1, 0.15) is 11.4 Å². The Morgan fingerprint density at radius 2 is 1.55 bits per heavy atom. The number of carbonyl (C=O) groups excluding carboxylic acids is 2. The molecule has 1 saturated heterocycles. The van der Waals surface area contributed by atoms with E-state index in [1.54, 1.807) is 37.4 Å². The maximum atomic E-state index is 13.6. The Hall–Kier alpha value is -2.83. The van der Waals surface area contributed by atoms with Gasteiger partial charge in [0.25, 0.3) is 11.8 Å². The third-order valence-corrected chi connectivity index (χ3v) is 5.67. The minimum absolute atomic E-state index is 0.353. The number of methoxy groups -OCH3 is 1. The van der Waals surface area contributed by atoms with Crippen LogP contribution >= 0.6 is 11.6 Å². The molecule has 1 fully saturated rings. The molecule has 0 N–H and O–H groups in total. The number of anilines is 1. The molecule has 2 amide bonds.